The number of nitrogens with zero attached hydrogens (tertiary/aromatic N) is 2. The summed E-state index contributed by atoms with van der Waals surface area (Å²) in [4.78, 5) is 28.9. The second kappa shape index (κ2) is 14.0. The number of carbonyl (C=O) groups is 2. The van der Waals surface area contributed by atoms with Gasteiger partial charge in [-0.1, -0.05) is 69.3 Å². The van der Waals surface area contributed by atoms with E-state index in [1.54, 1.807) is 62.6 Å². The van der Waals surface area contributed by atoms with Gasteiger partial charge in [-0.25, -0.2) is 8.42 Å². The van der Waals surface area contributed by atoms with E-state index in [1.165, 1.54) is 17.0 Å². The quantitative estimate of drug-likeness (QED) is 0.322. The van der Waals surface area contributed by atoms with Crippen molar-refractivity contribution in [2.45, 2.75) is 51.6 Å². The Labute approximate surface area is 238 Å². The molecule has 8 nitrogen and oxygen atoms in total. The molecule has 0 saturated carbocycles. The number of para-hydroxylation sites is 1. The number of carbonyl (C=O) groups excluding carboxylic acids is 2. The first-order chi connectivity index (χ1) is 19.1. The van der Waals surface area contributed by atoms with Gasteiger partial charge in [0, 0.05) is 13.1 Å². The lowest BCUT2D eigenvalue weighted by molar-refractivity contribution is -0.140. The molecule has 0 fully saturated rings. The number of amides is 2. The van der Waals surface area contributed by atoms with E-state index in [-0.39, 0.29) is 23.3 Å². The molecule has 2 amide bonds. The number of aryl methyl sites for hydroxylation is 1. The minimum absolute atomic E-state index is 0.0782. The van der Waals surface area contributed by atoms with Gasteiger partial charge in [0.05, 0.1) is 17.7 Å². The summed E-state index contributed by atoms with van der Waals surface area (Å²) in [5.41, 5.74) is 1.90. The Balaban J connectivity index is 2.04. The number of sulfonamides is 1. The maximum absolute atomic E-state index is 14.1. The van der Waals surface area contributed by atoms with Crippen LogP contribution in [0.2, 0.25) is 0 Å². The van der Waals surface area contributed by atoms with E-state index in [1.807, 2.05) is 39.0 Å². The average Bonchev–Trinajstić information content (AvgIpc) is 2.95. The van der Waals surface area contributed by atoms with Crippen LogP contribution in [0.1, 0.15) is 38.3 Å². The number of hydrogen-bond donors (Lipinski definition) is 1. The van der Waals surface area contributed by atoms with E-state index >= 15 is 0 Å². The van der Waals surface area contributed by atoms with E-state index in [9.17, 15) is 18.0 Å². The molecule has 0 aliphatic heterocycles. The maximum Gasteiger partial charge on any atom is 0.264 e. The first-order valence-electron chi connectivity index (χ1n) is 13.4. The van der Waals surface area contributed by atoms with Crippen LogP contribution < -0.4 is 14.4 Å². The van der Waals surface area contributed by atoms with Crippen molar-refractivity contribution in [1.29, 1.82) is 0 Å². The number of benzene rings is 3. The molecule has 3 rings (SSSR count). The van der Waals surface area contributed by atoms with Gasteiger partial charge in [-0.15, -0.1) is 0 Å². The van der Waals surface area contributed by atoms with E-state index in [2.05, 4.69) is 5.32 Å². The second-order valence-electron chi connectivity index (χ2n) is 10.0. The molecule has 0 unspecified atom stereocenters. The fourth-order valence-electron chi connectivity index (χ4n) is 4.35. The molecule has 0 heterocycles. The summed E-state index contributed by atoms with van der Waals surface area (Å²) < 4.78 is 34.2. The lowest BCUT2D eigenvalue weighted by atomic mass is 10.1. The highest BCUT2D eigenvalue weighted by molar-refractivity contribution is 7.92. The van der Waals surface area contributed by atoms with Gasteiger partial charge in [0.25, 0.3) is 10.0 Å². The number of hydrogen-bond acceptors (Lipinski definition) is 5. The van der Waals surface area contributed by atoms with Crippen molar-refractivity contribution in [1.82, 2.24) is 10.2 Å². The monoisotopic (exact) mass is 565 g/mol. The Hall–Kier alpha value is -3.85. The predicted octanol–water partition coefficient (Wildman–Crippen LogP) is 4.78. The van der Waals surface area contributed by atoms with Gasteiger partial charge in [0.2, 0.25) is 11.8 Å². The molecule has 0 spiro atoms. The lowest BCUT2D eigenvalue weighted by Gasteiger charge is -2.33. The van der Waals surface area contributed by atoms with Crippen molar-refractivity contribution in [3.63, 3.8) is 0 Å². The van der Waals surface area contributed by atoms with Gasteiger partial charge >= 0.3 is 0 Å². The standard InChI is InChI=1S/C31H39N3O5S/c1-6-28(31(36)32-20-23(2)3)33(21-25-16-18-26(39-5)19-17-25)30(35)22-34(29-15-11-10-12-24(29)4)40(37,38)27-13-8-7-9-14-27/h7-19,23,28H,6,20-22H2,1-5H3,(H,32,36)/t28-/m1/s1. The number of anilines is 1. The third kappa shape index (κ3) is 7.63. The first-order valence-corrected chi connectivity index (χ1v) is 14.9. The van der Waals surface area contributed by atoms with Crippen molar-refractivity contribution < 1.29 is 22.7 Å². The average molecular weight is 566 g/mol. The summed E-state index contributed by atoms with van der Waals surface area (Å²) in [7, 11) is -2.52. The smallest absolute Gasteiger partial charge is 0.264 e. The van der Waals surface area contributed by atoms with Gasteiger partial charge in [0.15, 0.2) is 0 Å². The molecule has 1 atom stereocenters. The molecule has 0 aliphatic rings. The minimum Gasteiger partial charge on any atom is -0.497 e. The van der Waals surface area contributed by atoms with Gasteiger partial charge in [-0.2, -0.15) is 0 Å². The van der Waals surface area contributed by atoms with Crippen LogP contribution >= 0.6 is 0 Å². The molecule has 0 saturated heterocycles. The minimum atomic E-state index is -4.09. The fourth-order valence-corrected chi connectivity index (χ4v) is 5.85. The molecular weight excluding hydrogens is 526 g/mol. The zero-order chi connectivity index (χ0) is 29.3. The normalized spacial score (nSPS) is 12.1. The Morgan fingerprint density at radius 2 is 1.55 bits per heavy atom. The third-order valence-corrected chi connectivity index (χ3v) is 8.35. The van der Waals surface area contributed by atoms with Crippen LogP contribution in [0.25, 0.3) is 0 Å². The van der Waals surface area contributed by atoms with Crippen LogP contribution in [0, 0.1) is 12.8 Å². The summed E-state index contributed by atoms with van der Waals surface area (Å²) >= 11 is 0. The molecule has 40 heavy (non-hydrogen) atoms. The lowest BCUT2D eigenvalue weighted by Crippen LogP contribution is -2.52. The Morgan fingerprint density at radius 3 is 2.12 bits per heavy atom. The predicted molar refractivity (Wildman–Crippen MR) is 158 cm³/mol. The van der Waals surface area contributed by atoms with Gasteiger partial charge < -0.3 is 15.0 Å². The fraction of sp³-hybridized carbons (Fsp3) is 0.355. The Bertz CT molecular complexity index is 1380. The van der Waals surface area contributed by atoms with Crippen molar-refractivity contribution in [3.05, 3.63) is 90.0 Å². The molecule has 9 heteroatoms. The van der Waals surface area contributed by atoms with E-state index in [0.717, 1.165) is 9.87 Å². The second-order valence-corrected chi connectivity index (χ2v) is 11.9. The van der Waals surface area contributed by atoms with Gasteiger partial charge in [-0.3, -0.25) is 13.9 Å². The van der Waals surface area contributed by atoms with E-state index < -0.39 is 28.5 Å². The molecular formula is C31H39N3O5S. The summed E-state index contributed by atoms with van der Waals surface area (Å²) in [6.07, 6.45) is 0.363. The SMILES string of the molecule is CC[C@H](C(=O)NCC(C)C)N(Cc1ccc(OC)cc1)C(=O)CN(c1ccccc1C)S(=O)(=O)c1ccccc1. The Kier molecular flexibility index (Phi) is 10.7. The number of rotatable bonds is 13. The highest BCUT2D eigenvalue weighted by atomic mass is 32.2. The van der Waals surface area contributed by atoms with Crippen LogP contribution in [0.5, 0.6) is 5.75 Å². The summed E-state index contributed by atoms with van der Waals surface area (Å²) in [6, 6.07) is 21.5. The number of nitrogens with one attached hydrogen (secondary N) is 1. The zero-order valence-corrected chi connectivity index (χ0v) is 24.6. The van der Waals surface area contributed by atoms with Crippen LogP contribution in [-0.2, 0) is 26.2 Å². The van der Waals surface area contributed by atoms with Crippen LogP contribution in [-0.4, -0.2) is 51.4 Å². The molecule has 3 aromatic rings. The molecule has 214 valence electrons. The molecule has 0 aliphatic carbocycles. The van der Waals surface area contributed by atoms with Crippen LogP contribution in [0.15, 0.2) is 83.8 Å². The van der Waals surface area contributed by atoms with Crippen molar-refractivity contribution >= 4 is 27.5 Å². The maximum atomic E-state index is 14.1. The van der Waals surface area contributed by atoms with E-state index in [0.29, 0.717) is 30.0 Å². The van der Waals surface area contributed by atoms with Crippen LogP contribution in [0.4, 0.5) is 5.69 Å². The van der Waals surface area contributed by atoms with Gasteiger partial charge in [-0.05, 0) is 60.7 Å². The van der Waals surface area contributed by atoms with Gasteiger partial charge in [0.1, 0.15) is 18.3 Å². The third-order valence-electron chi connectivity index (χ3n) is 6.58. The summed E-state index contributed by atoms with van der Waals surface area (Å²) in [5.74, 6) is 0.152. The summed E-state index contributed by atoms with van der Waals surface area (Å²) in [5, 5.41) is 2.94. The van der Waals surface area contributed by atoms with E-state index in [4.69, 9.17) is 4.74 Å². The van der Waals surface area contributed by atoms with Crippen molar-refractivity contribution in [2.75, 3.05) is 24.5 Å². The molecule has 3 aromatic carbocycles. The molecule has 0 radical (unpaired) electrons. The summed E-state index contributed by atoms with van der Waals surface area (Å²) in [6.45, 7) is 7.77. The molecule has 0 bridgehead atoms. The molecule has 1 N–H and O–H groups in total. The topological polar surface area (TPSA) is 96.0 Å². The number of ether oxygens (including phenoxy) is 1. The first kappa shape index (κ1) is 30.7. The van der Waals surface area contributed by atoms with Crippen molar-refractivity contribution in [3.8, 4) is 5.75 Å². The zero-order valence-electron chi connectivity index (χ0n) is 23.8. The highest BCUT2D eigenvalue weighted by Crippen LogP contribution is 2.27. The number of methoxy groups -OCH3 is 1. The largest absolute Gasteiger partial charge is 0.497 e. The Morgan fingerprint density at radius 1 is 0.925 bits per heavy atom. The molecule has 0 aromatic heterocycles. The van der Waals surface area contributed by atoms with Crippen molar-refractivity contribution in [2.24, 2.45) is 5.92 Å². The highest BCUT2D eigenvalue weighted by Gasteiger charge is 2.34. The van der Waals surface area contributed by atoms with Crippen LogP contribution in [0.3, 0.4) is 0 Å².